The lowest BCUT2D eigenvalue weighted by molar-refractivity contribution is 0.248. The van der Waals surface area contributed by atoms with E-state index in [2.05, 4.69) is 5.16 Å². The molecule has 19 heavy (non-hydrogen) atoms. The van der Waals surface area contributed by atoms with Gasteiger partial charge in [-0.05, 0) is 19.8 Å². The van der Waals surface area contributed by atoms with E-state index in [0.29, 0.717) is 6.54 Å². The number of hydrogen-bond acceptors (Lipinski definition) is 4. The fraction of sp³-hybridized carbons (Fsp3) is 0.909. The number of oxime groups is 1. The van der Waals surface area contributed by atoms with Gasteiger partial charge >= 0.3 is 0 Å². The summed E-state index contributed by atoms with van der Waals surface area (Å²) in [4.78, 5) is 0. The van der Waals surface area contributed by atoms with Crippen LogP contribution in [-0.2, 0) is 10.2 Å². The summed E-state index contributed by atoms with van der Waals surface area (Å²) in [6, 6.07) is 0.0281. The molecule has 1 rings (SSSR count). The second kappa shape index (κ2) is 6.53. The molecule has 1 heterocycles. The average Bonchev–Trinajstić information content (AvgIpc) is 2.37. The van der Waals surface area contributed by atoms with Crippen LogP contribution in [0.4, 0.5) is 0 Å². The number of nitrogens with zero attached hydrogens (tertiary/aromatic N) is 3. The first-order valence-electron chi connectivity index (χ1n) is 6.51. The van der Waals surface area contributed by atoms with Crippen LogP contribution in [0.5, 0.6) is 0 Å². The van der Waals surface area contributed by atoms with Gasteiger partial charge in [-0.1, -0.05) is 18.5 Å². The van der Waals surface area contributed by atoms with Crippen LogP contribution in [0, 0.1) is 5.92 Å². The summed E-state index contributed by atoms with van der Waals surface area (Å²) < 4.78 is 27.7. The summed E-state index contributed by atoms with van der Waals surface area (Å²) >= 11 is 0. The van der Waals surface area contributed by atoms with E-state index < -0.39 is 10.2 Å². The maximum absolute atomic E-state index is 12.5. The van der Waals surface area contributed by atoms with Gasteiger partial charge in [0.05, 0.1) is 0 Å². The Labute approximate surface area is 115 Å². The van der Waals surface area contributed by atoms with Crippen molar-refractivity contribution in [3.63, 3.8) is 0 Å². The van der Waals surface area contributed by atoms with Crippen molar-refractivity contribution in [3.8, 4) is 0 Å². The highest BCUT2D eigenvalue weighted by Gasteiger charge is 2.33. The molecular weight excluding hydrogens is 268 g/mol. The van der Waals surface area contributed by atoms with Crippen molar-refractivity contribution in [2.24, 2.45) is 16.8 Å². The van der Waals surface area contributed by atoms with E-state index in [9.17, 15) is 8.42 Å². The molecule has 1 saturated heterocycles. The molecule has 0 aromatic heterocycles. The van der Waals surface area contributed by atoms with E-state index in [4.69, 9.17) is 10.9 Å². The van der Waals surface area contributed by atoms with E-state index in [0.717, 1.165) is 19.3 Å². The van der Waals surface area contributed by atoms with Crippen LogP contribution >= 0.6 is 0 Å². The monoisotopic (exact) mass is 292 g/mol. The van der Waals surface area contributed by atoms with E-state index in [-0.39, 0.29) is 24.3 Å². The van der Waals surface area contributed by atoms with Gasteiger partial charge in [-0.3, -0.25) is 0 Å². The minimum Gasteiger partial charge on any atom is -0.409 e. The lowest BCUT2D eigenvalue weighted by Gasteiger charge is -2.35. The van der Waals surface area contributed by atoms with E-state index in [1.54, 1.807) is 6.92 Å². The molecule has 1 aliphatic heterocycles. The molecule has 8 heteroatoms. The van der Waals surface area contributed by atoms with Gasteiger partial charge in [-0.2, -0.15) is 17.0 Å². The molecule has 2 atom stereocenters. The van der Waals surface area contributed by atoms with Gasteiger partial charge in [0.1, 0.15) is 5.84 Å². The van der Waals surface area contributed by atoms with Gasteiger partial charge in [-0.25, -0.2) is 0 Å². The molecule has 0 radical (unpaired) electrons. The Bertz CT molecular complexity index is 424. The Morgan fingerprint density at radius 1 is 1.58 bits per heavy atom. The molecule has 0 aliphatic carbocycles. The van der Waals surface area contributed by atoms with Crippen LogP contribution in [0.1, 0.15) is 33.1 Å². The van der Waals surface area contributed by atoms with E-state index in [1.165, 1.54) is 15.7 Å². The summed E-state index contributed by atoms with van der Waals surface area (Å²) in [7, 11) is -1.95. The van der Waals surface area contributed by atoms with Crippen molar-refractivity contribution in [1.82, 2.24) is 8.61 Å². The molecule has 2 unspecified atom stereocenters. The molecule has 0 saturated carbocycles. The maximum atomic E-state index is 12.5. The molecule has 3 N–H and O–H groups in total. The summed E-state index contributed by atoms with van der Waals surface area (Å²) in [5.74, 6) is -0.293. The largest absolute Gasteiger partial charge is 0.409 e. The summed E-state index contributed by atoms with van der Waals surface area (Å²) in [6.07, 6.45) is 2.85. The van der Waals surface area contributed by atoms with E-state index in [1.807, 2.05) is 6.92 Å². The Morgan fingerprint density at radius 3 is 2.74 bits per heavy atom. The predicted molar refractivity (Wildman–Crippen MR) is 74.1 cm³/mol. The molecule has 1 fully saturated rings. The molecule has 0 aromatic carbocycles. The molecular formula is C11H24N4O3S. The van der Waals surface area contributed by atoms with Gasteiger partial charge in [0.25, 0.3) is 10.2 Å². The highest BCUT2D eigenvalue weighted by atomic mass is 32.2. The van der Waals surface area contributed by atoms with Gasteiger partial charge in [0.15, 0.2) is 0 Å². The Balaban J connectivity index is 2.76. The van der Waals surface area contributed by atoms with Crippen LogP contribution in [0.15, 0.2) is 5.16 Å². The third-order valence-corrected chi connectivity index (χ3v) is 5.66. The highest BCUT2D eigenvalue weighted by Crippen LogP contribution is 2.22. The normalized spacial score (nSPS) is 24.6. The number of piperidine rings is 1. The van der Waals surface area contributed by atoms with Crippen LogP contribution in [0.2, 0.25) is 0 Å². The van der Waals surface area contributed by atoms with Crippen molar-refractivity contribution in [3.05, 3.63) is 0 Å². The first kappa shape index (κ1) is 16.2. The molecule has 112 valence electrons. The molecule has 0 aromatic rings. The van der Waals surface area contributed by atoms with Gasteiger partial charge in [0.2, 0.25) is 0 Å². The van der Waals surface area contributed by atoms with Crippen molar-refractivity contribution in [2.45, 2.75) is 39.2 Å². The third-order valence-electron chi connectivity index (χ3n) is 3.58. The minimum atomic E-state index is -3.47. The molecule has 0 spiro atoms. The lowest BCUT2D eigenvalue weighted by Crippen LogP contribution is -2.50. The average molecular weight is 292 g/mol. The minimum absolute atomic E-state index is 0.0281. The molecule has 7 nitrogen and oxygen atoms in total. The first-order chi connectivity index (χ1) is 8.80. The SMILES string of the molecule is CC(CN(C)S(=O)(=O)N1CCCCC1C)/C(N)=N/O. The number of nitrogens with two attached hydrogens (primary N) is 1. The van der Waals surface area contributed by atoms with Crippen molar-refractivity contribution in [1.29, 1.82) is 0 Å². The number of rotatable bonds is 5. The first-order valence-corrected chi connectivity index (χ1v) is 7.91. The fourth-order valence-corrected chi connectivity index (χ4v) is 3.96. The van der Waals surface area contributed by atoms with E-state index >= 15 is 0 Å². The predicted octanol–water partition coefficient (Wildman–Crippen LogP) is 0.420. The molecule has 1 aliphatic rings. The zero-order chi connectivity index (χ0) is 14.6. The Morgan fingerprint density at radius 2 is 2.21 bits per heavy atom. The lowest BCUT2D eigenvalue weighted by atomic mass is 10.1. The van der Waals surface area contributed by atoms with Crippen molar-refractivity contribution < 1.29 is 13.6 Å². The second-order valence-corrected chi connectivity index (χ2v) is 7.16. The molecule has 0 amide bonds. The smallest absolute Gasteiger partial charge is 0.281 e. The Kier molecular flexibility index (Phi) is 5.57. The third kappa shape index (κ3) is 3.80. The van der Waals surface area contributed by atoms with Gasteiger partial charge < -0.3 is 10.9 Å². The zero-order valence-corrected chi connectivity index (χ0v) is 12.6. The zero-order valence-electron chi connectivity index (χ0n) is 11.8. The van der Waals surface area contributed by atoms with Crippen LogP contribution in [-0.4, -0.2) is 54.3 Å². The van der Waals surface area contributed by atoms with Crippen LogP contribution in [0.25, 0.3) is 0 Å². The quantitative estimate of drug-likeness (QED) is 0.332. The summed E-state index contributed by atoms with van der Waals surface area (Å²) in [5, 5.41) is 11.5. The van der Waals surface area contributed by atoms with Gasteiger partial charge in [-0.15, -0.1) is 0 Å². The molecule has 0 bridgehead atoms. The van der Waals surface area contributed by atoms with Crippen molar-refractivity contribution >= 4 is 16.0 Å². The topological polar surface area (TPSA) is 99.2 Å². The summed E-state index contributed by atoms with van der Waals surface area (Å²) in [6.45, 7) is 4.41. The fourth-order valence-electron chi connectivity index (χ4n) is 2.27. The van der Waals surface area contributed by atoms with Crippen molar-refractivity contribution in [2.75, 3.05) is 20.1 Å². The maximum Gasteiger partial charge on any atom is 0.281 e. The highest BCUT2D eigenvalue weighted by molar-refractivity contribution is 7.86. The number of hydrogen-bond donors (Lipinski definition) is 2. The van der Waals surface area contributed by atoms with Gasteiger partial charge in [0, 0.05) is 32.1 Å². The summed E-state index contributed by atoms with van der Waals surface area (Å²) in [5.41, 5.74) is 5.48. The second-order valence-electron chi connectivity index (χ2n) is 5.17. The standard InChI is InChI=1S/C11H24N4O3S/c1-9(11(12)13-16)8-14(3)19(17,18)15-7-5-4-6-10(15)2/h9-10,16H,4-8H2,1-3H3,(H2,12,13). The number of amidine groups is 1. The Hall–Kier alpha value is -0.860. The van der Waals surface area contributed by atoms with Crippen LogP contribution in [0.3, 0.4) is 0 Å². The van der Waals surface area contributed by atoms with Crippen LogP contribution < -0.4 is 5.73 Å².